The van der Waals surface area contributed by atoms with Gasteiger partial charge in [0.2, 0.25) is 0 Å². The highest BCUT2D eigenvalue weighted by Crippen LogP contribution is 2.18. The van der Waals surface area contributed by atoms with Crippen LogP contribution in [0.5, 0.6) is 0 Å². The fourth-order valence-electron chi connectivity index (χ4n) is 2.23. The first kappa shape index (κ1) is 12.1. The van der Waals surface area contributed by atoms with Gasteiger partial charge in [-0.1, -0.05) is 0 Å². The molecule has 17 heavy (non-hydrogen) atoms. The summed E-state index contributed by atoms with van der Waals surface area (Å²) in [5.74, 6) is 0.925. The van der Waals surface area contributed by atoms with Crippen LogP contribution >= 0.6 is 0 Å². The zero-order valence-electron chi connectivity index (χ0n) is 10.2. The van der Waals surface area contributed by atoms with E-state index < -0.39 is 0 Å². The minimum absolute atomic E-state index is 0.0163. The molecule has 1 aliphatic heterocycles. The average molecular weight is 237 g/mol. The van der Waals surface area contributed by atoms with Gasteiger partial charge in [-0.2, -0.15) is 0 Å². The van der Waals surface area contributed by atoms with Crippen LogP contribution in [-0.2, 0) is 6.54 Å². The maximum atomic E-state index is 12.1. The van der Waals surface area contributed by atoms with Gasteiger partial charge < -0.3 is 14.6 Å². The van der Waals surface area contributed by atoms with Gasteiger partial charge in [-0.05, 0) is 25.7 Å². The second-order valence-electron chi connectivity index (χ2n) is 4.46. The number of anilines is 1. The van der Waals surface area contributed by atoms with Gasteiger partial charge in [0, 0.05) is 38.6 Å². The maximum Gasteiger partial charge on any atom is 0.293 e. The number of hydrogen-bond donors (Lipinski definition) is 1. The summed E-state index contributed by atoms with van der Waals surface area (Å²) in [6, 6.07) is 0. The molecular weight excluding hydrogens is 218 g/mol. The molecule has 1 aromatic heterocycles. The smallest absolute Gasteiger partial charge is 0.293 e. The zero-order chi connectivity index (χ0) is 12.3. The van der Waals surface area contributed by atoms with E-state index in [9.17, 15) is 4.79 Å². The van der Waals surface area contributed by atoms with E-state index in [0.29, 0.717) is 18.3 Å². The second-order valence-corrected chi connectivity index (χ2v) is 4.46. The van der Waals surface area contributed by atoms with Crippen molar-refractivity contribution in [3.05, 3.63) is 22.7 Å². The predicted molar refractivity (Wildman–Crippen MR) is 66.2 cm³/mol. The third-order valence-corrected chi connectivity index (χ3v) is 3.41. The van der Waals surface area contributed by atoms with Gasteiger partial charge in [0.25, 0.3) is 5.56 Å². The Morgan fingerprint density at radius 2 is 2.18 bits per heavy atom. The lowest BCUT2D eigenvalue weighted by Crippen LogP contribution is -2.39. The minimum Gasteiger partial charge on any atom is -0.396 e. The first-order valence-electron chi connectivity index (χ1n) is 6.17. The summed E-state index contributed by atoms with van der Waals surface area (Å²) >= 11 is 0. The summed E-state index contributed by atoms with van der Waals surface area (Å²) < 4.78 is 1.67. The quantitative estimate of drug-likeness (QED) is 0.830. The van der Waals surface area contributed by atoms with Crippen LogP contribution in [0.3, 0.4) is 0 Å². The highest BCUT2D eigenvalue weighted by atomic mass is 16.3. The number of aryl methyl sites for hydroxylation is 1. The number of aliphatic hydroxyl groups is 1. The van der Waals surface area contributed by atoms with Gasteiger partial charge >= 0.3 is 0 Å². The van der Waals surface area contributed by atoms with Crippen molar-refractivity contribution in [3.8, 4) is 0 Å². The SMILES string of the molecule is CCn1ccnc(N2CCC(CO)CC2)c1=O. The van der Waals surface area contributed by atoms with E-state index in [2.05, 4.69) is 4.98 Å². The molecule has 0 aliphatic carbocycles. The monoisotopic (exact) mass is 237 g/mol. The van der Waals surface area contributed by atoms with Crippen molar-refractivity contribution in [2.24, 2.45) is 5.92 Å². The molecule has 0 atom stereocenters. The Balaban J connectivity index is 2.16. The number of piperidine rings is 1. The van der Waals surface area contributed by atoms with Crippen LogP contribution in [-0.4, -0.2) is 34.4 Å². The molecule has 94 valence electrons. The summed E-state index contributed by atoms with van der Waals surface area (Å²) in [4.78, 5) is 18.3. The molecule has 5 nitrogen and oxygen atoms in total. The Labute approximate surface area is 101 Å². The Hall–Kier alpha value is -1.36. The molecular formula is C12H19N3O2. The molecule has 0 amide bonds. The largest absolute Gasteiger partial charge is 0.396 e. The van der Waals surface area contributed by atoms with Crippen molar-refractivity contribution in [2.45, 2.75) is 26.3 Å². The fourth-order valence-corrected chi connectivity index (χ4v) is 2.23. The Morgan fingerprint density at radius 1 is 1.47 bits per heavy atom. The van der Waals surface area contributed by atoms with Crippen LogP contribution in [0, 0.1) is 5.92 Å². The molecule has 0 radical (unpaired) electrons. The summed E-state index contributed by atoms with van der Waals surface area (Å²) in [5, 5.41) is 9.08. The number of aromatic nitrogens is 2. The third-order valence-electron chi connectivity index (χ3n) is 3.41. The maximum absolute atomic E-state index is 12.1. The van der Waals surface area contributed by atoms with Crippen LogP contribution < -0.4 is 10.5 Å². The Bertz CT molecular complexity index is 422. The van der Waals surface area contributed by atoms with Crippen molar-refractivity contribution >= 4 is 5.82 Å². The van der Waals surface area contributed by atoms with Crippen LogP contribution in [0.1, 0.15) is 19.8 Å². The molecule has 5 heteroatoms. The summed E-state index contributed by atoms with van der Waals surface area (Å²) in [7, 11) is 0. The van der Waals surface area contributed by atoms with E-state index in [1.807, 2.05) is 11.8 Å². The Kier molecular flexibility index (Phi) is 3.78. The molecule has 0 spiro atoms. The number of nitrogens with zero attached hydrogens (tertiary/aromatic N) is 3. The minimum atomic E-state index is -0.0163. The number of hydrogen-bond acceptors (Lipinski definition) is 4. The number of rotatable bonds is 3. The lowest BCUT2D eigenvalue weighted by atomic mass is 9.98. The van der Waals surface area contributed by atoms with Crippen LogP contribution in [0.25, 0.3) is 0 Å². The molecule has 2 heterocycles. The molecule has 1 fully saturated rings. The van der Waals surface area contributed by atoms with Gasteiger partial charge in [0.05, 0.1) is 0 Å². The van der Waals surface area contributed by atoms with Crippen molar-refractivity contribution < 1.29 is 5.11 Å². The van der Waals surface area contributed by atoms with Crippen LogP contribution in [0.2, 0.25) is 0 Å². The average Bonchev–Trinajstić information content (AvgIpc) is 2.39. The van der Waals surface area contributed by atoms with E-state index in [0.717, 1.165) is 25.9 Å². The van der Waals surface area contributed by atoms with Gasteiger partial charge in [0.1, 0.15) is 0 Å². The second kappa shape index (κ2) is 5.31. The third kappa shape index (κ3) is 2.49. The molecule has 1 aliphatic rings. The standard InChI is InChI=1S/C12H19N3O2/c1-2-14-8-5-13-11(12(14)17)15-6-3-10(9-16)4-7-15/h5,8,10,16H,2-4,6-7,9H2,1H3. The molecule has 0 bridgehead atoms. The van der Waals surface area contributed by atoms with Gasteiger partial charge in [-0.15, -0.1) is 0 Å². The first-order chi connectivity index (χ1) is 8.26. The summed E-state index contributed by atoms with van der Waals surface area (Å²) in [6.07, 6.45) is 5.25. The summed E-state index contributed by atoms with van der Waals surface area (Å²) in [6.45, 7) is 4.47. The summed E-state index contributed by atoms with van der Waals surface area (Å²) in [5.41, 5.74) is -0.0163. The number of aliphatic hydroxyl groups excluding tert-OH is 1. The first-order valence-corrected chi connectivity index (χ1v) is 6.17. The van der Waals surface area contributed by atoms with Crippen LogP contribution in [0.4, 0.5) is 5.82 Å². The molecule has 1 aromatic rings. The van der Waals surface area contributed by atoms with Crippen molar-refractivity contribution in [3.63, 3.8) is 0 Å². The van der Waals surface area contributed by atoms with E-state index in [-0.39, 0.29) is 12.2 Å². The van der Waals surface area contributed by atoms with Crippen LogP contribution in [0.15, 0.2) is 17.2 Å². The Morgan fingerprint density at radius 3 is 2.76 bits per heavy atom. The molecule has 0 unspecified atom stereocenters. The highest BCUT2D eigenvalue weighted by molar-refractivity contribution is 5.36. The van der Waals surface area contributed by atoms with Crippen molar-refractivity contribution in [1.29, 1.82) is 0 Å². The molecule has 1 saturated heterocycles. The zero-order valence-corrected chi connectivity index (χ0v) is 10.2. The fraction of sp³-hybridized carbons (Fsp3) is 0.667. The van der Waals surface area contributed by atoms with Crippen molar-refractivity contribution in [2.75, 3.05) is 24.6 Å². The van der Waals surface area contributed by atoms with E-state index >= 15 is 0 Å². The highest BCUT2D eigenvalue weighted by Gasteiger charge is 2.21. The molecule has 2 rings (SSSR count). The topological polar surface area (TPSA) is 58.4 Å². The van der Waals surface area contributed by atoms with Gasteiger partial charge in [0.15, 0.2) is 5.82 Å². The normalized spacial score (nSPS) is 17.4. The van der Waals surface area contributed by atoms with Crippen molar-refractivity contribution in [1.82, 2.24) is 9.55 Å². The van der Waals surface area contributed by atoms with Gasteiger partial charge in [-0.25, -0.2) is 4.98 Å². The molecule has 0 saturated carbocycles. The molecule has 0 aromatic carbocycles. The lowest BCUT2D eigenvalue weighted by molar-refractivity contribution is 0.202. The van der Waals surface area contributed by atoms with E-state index in [1.165, 1.54) is 0 Å². The van der Waals surface area contributed by atoms with E-state index in [1.54, 1.807) is 17.0 Å². The van der Waals surface area contributed by atoms with Gasteiger partial charge in [-0.3, -0.25) is 4.79 Å². The lowest BCUT2D eigenvalue weighted by Gasteiger charge is -2.31. The van der Waals surface area contributed by atoms with E-state index in [4.69, 9.17) is 5.11 Å². The predicted octanol–water partition coefficient (Wildman–Crippen LogP) is 0.472. The molecule has 1 N–H and O–H groups in total.